The molecule has 0 fully saturated rings. The van der Waals surface area contributed by atoms with E-state index >= 15 is 0 Å². The summed E-state index contributed by atoms with van der Waals surface area (Å²) in [5, 5.41) is 3.72. The van der Waals surface area contributed by atoms with Gasteiger partial charge in [0, 0.05) is 24.5 Å². The molecule has 2 unspecified atom stereocenters. The first kappa shape index (κ1) is 27.8. The molecule has 0 saturated carbocycles. The maximum Gasteiger partial charge on any atom is 0.211 e. The van der Waals surface area contributed by atoms with E-state index in [1.54, 1.807) is 7.11 Å². The second-order valence-electron chi connectivity index (χ2n) is 6.85. The molecule has 0 bridgehead atoms. The fraction of sp³-hybridized carbons (Fsp3) is 0.684. The molecule has 0 radical (unpaired) electrons. The number of alkyl halides is 1. The van der Waals surface area contributed by atoms with Gasteiger partial charge < -0.3 is 10.1 Å². The molecule has 0 amide bonds. The summed E-state index contributed by atoms with van der Waals surface area (Å²) in [4.78, 5) is 0. The number of benzene rings is 1. The van der Waals surface area contributed by atoms with Gasteiger partial charge in [0.15, 0.2) is 0 Å². The van der Waals surface area contributed by atoms with Crippen LogP contribution < -0.4 is 14.8 Å². The van der Waals surface area contributed by atoms with Crippen molar-refractivity contribution in [1.29, 1.82) is 0 Å². The predicted octanol–water partition coefficient (Wildman–Crippen LogP) is 3.70. The number of rotatable bonds is 11. The third-order valence-corrected chi connectivity index (χ3v) is 6.73. The van der Waals surface area contributed by atoms with E-state index in [1.165, 1.54) is 11.1 Å². The van der Waals surface area contributed by atoms with Gasteiger partial charge in [-0.05, 0) is 55.7 Å². The fourth-order valence-corrected chi connectivity index (χ4v) is 4.92. The molecule has 0 spiro atoms. The van der Waals surface area contributed by atoms with Gasteiger partial charge in [0.25, 0.3) is 0 Å². The van der Waals surface area contributed by atoms with Crippen molar-refractivity contribution >= 4 is 46.4 Å². The Kier molecular flexibility index (Phi) is 13.8. The molecular formula is C19H33Cl3N2O3S. The van der Waals surface area contributed by atoms with Gasteiger partial charge in [0.05, 0.1) is 12.9 Å². The van der Waals surface area contributed by atoms with E-state index in [0.29, 0.717) is 30.9 Å². The lowest BCUT2D eigenvalue weighted by molar-refractivity contribution is 0.359. The maximum atomic E-state index is 11.9. The van der Waals surface area contributed by atoms with Crippen LogP contribution in [-0.4, -0.2) is 45.8 Å². The smallest absolute Gasteiger partial charge is 0.211 e. The topological polar surface area (TPSA) is 67.4 Å². The molecule has 0 aromatic heterocycles. The molecule has 9 heteroatoms. The van der Waals surface area contributed by atoms with Crippen LogP contribution in [0.2, 0.25) is 0 Å². The SMILES string of the molecule is CCC(CCNS(=O)(=O)CCCCl)NC1CCc2cccc(OC)c2C1.Cl.Cl. The molecule has 5 nitrogen and oxygen atoms in total. The Labute approximate surface area is 187 Å². The minimum atomic E-state index is -3.21. The first-order chi connectivity index (χ1) is 12.5. The Morgan fingerprint density at radius 1 is 1.32 bits per heavy atom. The van der Waals surface area contributed by atoms with E-state index in [2.05, 4.69) is 29.1 Å². The van der Waals surface area contributed by atoms with Crippen molar-refractivity contribution in [2.24, 2.45) is 0 Å². The molecule has 2 atom stereocenters. The standard InChI is InChI=1S/C19H31ClN2O3S.2ClH/c1-3-16(10-12-21-26(23,24)13-5-11-20)22-17-9-8-15-6-4-7-19(25-2)18(15)14-17;;/h4,6-7,16-17,21-22H,3,5,8-14H2,1-2H3;2*1H. The van der Waals surface area contributed by atoms with Gasteiger partial charge in [0.2, 0.25) is 10.0 Å². The third kappa shape index (κ3) is 8.64. The minimum absolute atomic E-state index is 0. The van der Waals surface area contributed by atoms with Crippen molar-refractivity contribution in [1.82, 2.24) is 10.0 Å². The highest BCUT2D eigenvalue weighted by molar-refractivity contribution is 7.89. The van der Waals surface area contributed by atoms with E-state index in [9.17, 15) is 8.42 Å². The van der Waals surface area contributed by atoms with E-state index in [4.69, 9.17) is 16.3 Å². The number of fused-ring (bicyclic) bond motifs is 1. The van der Waals surface area contributed by atoms with E-state index in [-0.39, 0.29) is 30.6 Å². The number of methoxy groups -OCH3 is 1. The summed E-state index contributed by atoms with van der Waals surface area (Å²) in [6.07, 6.45) is 5.33. The van der Waals surface area contributed by atoms with Gasteiger partial charge in [-0.3, -0.25) is 0 Å². The molecular weight excluding hydrogens is 443 g/mol. The molecule has 1 aliphatic carbocycles. The van der Waals surface area contributed by atoms with Crippen LogP contribution in [0.1, 0.15) is 43.7 Å². The highest BCUT2D eigenvalue weighted by Crippen LogP contribution is 2.29. The van der Waals surface area contributed by atoms with Crippen molar-refractivity contribution in [2.75, 3.05) is 25.3 Å². The normalized spacial score (nSPS) is 17.0. The van der Waals surface area contributed by atoms with E-state index in [0.717, 1.165) is 37.9 Å². The zero-order valence-corrected chi connectivity index (χ0v) is 19.8. The molecule has 0 heterocycles. The lowest BCUT2D eigenvalue weighted by atomic mass is 9.87. The summed E-state index contributed by atoms with van der Waals surface area (Å²) in [6, 6.07) is 6.95. The zero-order chi connectivity index (χ0) is 19.0. The summed E-state index contributed by atoms with van der Waals surface area (Å²) in [6.45, 7) is 2.60. The van der Waals surface area contributed by atoms with E-state index in [1.807, 2.05) is 6.07 Å². The number of halogens is 3. The summed E-state index contributed by atoms with van der Waals surface area (Å²) in [5.41, 5.74) is 2.68. The average Bonchev–Trinajstić information content (AvgIpc) is 2.64. The minimum Gasteiger partial charge on any atom is -0.496 e. The number of sulfonamides is 1. The quantitative estimate of drug-likeness (QED) is 0.479. The molecule has 1 aromatic carbocycles. The fourth-order valence-electron chi connectivity index (χ4n) is 3.53. The van der Waals surface area contributed by atoms with Crippen LogP contribution in [0.4, 0.5) is 0 Å². The van der Waals surface area contributed by atoms with Gasteiger partial charge in [-0.15, -0.1) is 36.4 Å². The molecule has 2 N–H and O–H groups in total. The molecule has 2 rings (SSSR count). The second kappa shape index (κ2) is 13.9. The van der Waals surface area contributed by atoms with Crippen molar-refractivity contribution < 1.29 is 13.2 Å². The van der Waals surface area contributed by atoms with Gasteiger partial charge in [-0.25, -0.2) is 13.1 Å². The Morgan fingerprint density at radius 2 is 2.07 bits per heavy atom. The molecule has 1 aromatic rings. The Hall–Kier alpha value is -0.240. The van der Waals surface area contributed by atoms with Crippen LogP contribution in [0.25, 0.3) is 0 Å². The number of hydrogen-bond donors (Lipinski definition) is 2. The molecule has 164 valence electrons. The molecule has 0 saturated heterocycles. The van der Waals surface area contributed by atoms with Crippen LogP contribution >= 0.6 is 36.4 Å². The third-order valence-electron chi connectivity index (χ3n) is 4.99. The zero-order valence-electron chi connectivity index (χ0n) is 16.6. The van der Waals surface area contributed by atoms with Gasteiger partial charge >= 0.3 is 0 Å². The predicted molar refractivity (Wildman–Crippen MR) is 122 cm³/mol. The summed E-state index contributed by atoms with van der Waals surface area (Å²) < 4.78 is 31.9. The molecule has 0 aliphatic heterocycles. The first-order valence-corrected chi connectivity index (χ1v) is 11.6. The average molecular weight is 476 g/mol. The number of aryl methyl sites for hydroxylation is 1. The first-order valence-electron chi connectivity index (χ1n) is 9.43. The van der Waals surface area contributed by atoms with Crippen molar-refractivity contribution in [3.05, 3.63) is 29.3 Å². The number of hydrogen-bond acceptors (Lipinski definition) is 4. The van der Waals surface area contributed by atoms with Crippen LogP contribution in [-0.2, 0) is 22.9 Å². The Bertz CT molecular complexity index is 660. The second-order valence-corrected chi connectivity index (χ2v) is 9.16. The van der Waals surface area contributed by atoms with Crippen molar-refractivity contribution in [3.63, 3.8) is 0 Å². The van der Waals surface area contributed by atoms with Crippen LogP contribution in [0, 0.1) is 0 Å². The maximum absolute atomic E-state index is 11.9. The Balaban J connectivity index is 0.00000364. The Morgan fingerprint density at radius 3 is 2.71 bits per heavy atom. The number of nitrogens with one attached hydrogen (secondary N) is 2. The summed E-state index contributed by atoms with van der Waals surface area (Å²) in [5.74, 6) is 1.43. The molecule has 1 aliphatic rings. The van der Waals surface area contributed by atoms with Gasteiger partial charge in [0.1, 0.15) is 5.75 Å². The van der Waals surface area contributed by atoms with Gasteiger partial charge in [-0.1, -0.05) is 19.1 Å². The lowest BCUT2D eigenvalue weighted by Crippen LogP contribution is -2.43. The molecule has 28 heavy (non-hydrogen) atoms. The largest absolute Gasteiger partial charge is 0.496 e. The monoisotopic (exact) mass is 474 g/mol. The van der Waals surface area contributed by atoms with Crippen LogP contribution in [0.3, 0.4) is 0 Å². The summed E-state index contributed by atoms with van der Waals surface area (Å²) in [7, 11) is -1.49. The van der Waals surface area contributed by atoms with Crippen LogP contribution in [0.15, 0.2) is 18.2 Å². The van der Waals surface area contributed by atoms with Crippen molar-refractivity contribution in [3.8, 4) is 5.75 Å². The van der Waals surface area contributed by atoms with Gasteiger partial charge in [-0.2, -0.15) is 0 Å². The highest BCUT2D eigenvalue weighted by Gasteiger charge is 2.23. The summed E-state index contributed by atoms with van der Waals surface area (Å²) >= 11 is 5.57. The van der Waals surface area contributed by atoms with Crippen LogP contribution in [0.5, 0.6) is 5.75 Å². The number of ether oxygens (including phenoxy) is 1. The lowest BCUT2D eigenvalue weighted by Gasteiger charge is -2.30. The highest BCUT2D eigenvalue weighted by atomic mass is 35.5. The van der Waals surface area contributed by atoms with E-state index < -0.39 is 10.0 Å². The van der Waals surface area contributed by atoms with Crippen molar-refractivity contribution in [2.45, 2.75) is 57.5 Å².